The number of rotatable bonds is 3. The summed E-state index contributed by atoms with van der Waals surface area (Å²) >= 11 is 0. The summed E-state index contributed by atoms with van der Waals surface area (Å²) in [7, 11) is 1.66. The van der Waals surface area contributed by atoms with E-state index in [0.29, 0.717) is 17.8 Å². The van der Waals surface area contributed by atoms with Gasteiger partial charge in [0, 0.05) is 19.7 Å². The third kappa shape index (κ3) is 2.43. The van der Waals surface area contributed by atoms with Gasteiger partial charge in [-0.2, -0.15) is 0 Å². The highest BCUT2D eigenvalue weighted by Gasteiger charge is 2.32. The number of fused-ring (bicyclic) bond motifs is 1. The number of ether oxygens (including phenoxy) is 1. The third-order valence-corrected chi connectivity index (χ3v) is 3.42. The molecule has 0 N–H and O–H groups in total. The standard InChI is InChI=1S/C14H20N2O2/c1-5-12(18-4)13-15-8-9-10(16-13)6-14(2,3)7-11(9)17/h8,12H,5-7H2,1-4H3. The summed E-state index contributed by atoms with van der Waals surface area (Å²) in [6.45, 7) is 6.23. The summed E-state index contributed by atoms with van der Waals surface area (Å²) in [6.07, 6.45) is 3.80. The van der Waals surface area contributed by atoms with Crippen molar-refractivity contribution in [2.24, 2.45) is 5.41 Å². The Morgan fingerprint density at radius 2 is 2.17 bits per heavy atom. The summed E-state index contributed by atoms with van der Waals surface area (Å²) in [5, 5.41) is 0. The van der Waals surface area contributed by atoms with Crippen molar-refractivity contribution in [1.82, 2.24) is 9.97 Å². The first kappa shape index (κ1) is 13.1. The van der Waals surface area contributed by atoms with Crippen molar-refractivity contribution in [2.45, 2.75) is 46.1 Å². The van der Waals surface area contributed by atoms with Crippen LogP contribution in [0.3, 0.4) is 0 Å². The molecule has 0 fully saturated rings. The average molecular weight is 248 g/mol. The predicted octanol–water partition coefficient (Wildman–Crippen LogP) is 2.73. The second kappa shape index (κ2) is 4.76. The first-order chi connectivity index (χ1) is 8.46. The van der Waals surface area contributed by atoms with Gasteiger partial charge in [-0.1, -0.05) is 20.8 Å². The number of hydrogen-bond acceptors (Lipinski definition) is 4. The number of carbonyl (C=O) groups is 1. The van der Waals surface area contributed by atoms with Gasteiger partial charge in [-0.25, -0.2) is 9.97 Å². The lowest BCUT2D eigenvalue weighted by molar-refractivity contribution is 0.0881. The highest BCUT2D eigenvalue weighted by Crippen LogP contribution is 2.34. The summed E-state index contributed by atoms with van der Waals surface area (Å²) in [5.74, 6) is 0.836. The topological polar surface area (TPSA) is 52.1 Å². The molecule has 4 heteroatoms. The third-order valence-electron chi connectivity index (χ3n) is 3.42. The van der Waals surface area contributed by atoms with Gasteiger partial charge in [-0.3, -0.25) is 4.79 Å². The van der Waals surface area contributed by atoms with E-state index in [0.717, 1.165) is 18.5 Å². The van der Waals surface area contributed by atoms with E-state index in [1.807, 2.05) is 6.92 Å². The quantitative estimate of drug-likeness (QED) is 0.825. The Labute approximate surface area is 108 Å². The Balaban J connectivity index is 2.40. The van der Waals surface area contributed by atoms with Crippen LogP contribution in [0.1, 0.15) is 61.6 Å². The highest BCUT2D eigenvalue weighted by atomic mass is 16.5. The Morgan fingerprint density at radius 3 is 2.78 bits per heavy atom. The summed E-state index contributed by atoms with van der Waals surface area (Å²) in [6, 6.07) is 0. The Kier molecular flexibility index (Phi) is 3.48. The molecule has 1 aliphatic carbocycles. The van der Waals surface area contributed by atoms with E-state index in [-0.39, 0.29) is 17.3 Å². The zero-order valence-electron chi connectivity index (χ0n) is 11.5. The van der Waals surface area contributed by atoms with E-state index in [1.165, 1.54) is 0 Å². The van der Waals surface area contributed by atoms with Gasteiger partial charge in [0.05, 0.1) is 11.3 Å². The van der Waals surface area contributed by atoms with Crippen molar-refractivity contribution < 1.29 is 9.53 Å². The number of carbonyl (C=O) groups excluding carboxylic acids is 1. The molecule has 2 rings (SSSR count). The molecule has 0 spiro atoms. The van der Waals surface area contributed by atoms with E-state index in [9.17, 15) is 4.79 Å². The van der Waals surface area contributed by atoms with Crippen LogP contribution in [0, 0.1) is 5.41 Å². The smallest absolute Gasteiger partial charge is 0.166 e. The molecule has 0 aromatic carbocycles. The summed E-state index contributed by atoms with van der Waals surface area (Å²) in [5.41, 5.74) is 1.55. The fourth-order valence-electron chi connectivity index (χ4n) is 2.46. The van der Waals surface area contributed by atoms with Gasteiger partial charge >= 0.3 is 0 Å². The van der Waals surface area contributed by atoms with Crippen LogP contribution in [-0.4, -0.2) is 22.9 Å². The SMILES string of the molecule is CCC(OC)c1ncc2c(n1)CC(C)(C)CC2=O. The number of aromatic nitrogens is 2. The number of Topliss-reactive ketones (excluding diaryl/α,β-unsaturated/α-hetero) is 1. The molecule has 1 unspecified atom stereocenters. The van der Waals surface area contributed by atoms with Crippen molar-refractivity contribution in [3.05, 3.63) is 23.3 Å². The molecule has 0 saturated heterocycles. The van der Waals surface area contributed by atoms with E-state index in [4.69, 9.17) is 4.74 Å². The van der Waals surface area contributed by atoms with Gasteiger partial charge in [0.1, 0.15) is 6.10 Å². The summed E-state index contributed by atoms with van der Waals surface area (Å²) < 4.78 is 5.35. The first-order valence-electron chi connectivity index (χ1n) is 6.38. The maximum absolute atomic E-state index is 12.0. The normalized spacial score (nSPS) is 19.4. The lowest BCUT2D eigenvalue weighted by Gasteiger charge is -2.29. The fourth-order valence-corrected chi connectivity index (χ4v) is 2.46. The minimum Gasteiger partial charge on any atom is -0.373 e. The second-order valence-corrected chi connectivity index (χ2v) is 5.66. The van der Waals surface area contributed by atoms with Gasteiger partial charge in [-0.15, -0.1) is 0 Å². The lowest BCUT2D eigenvalue weighted by atomic mass is 9.76. The molecule has 18 heavy (non-hydrogen) atoms. The lowest BCUT2D eigenvalue weighted by Crippen LogP contribution is -2.28. The van der Waals surface area contributed by atoms with Crippen LogP contribution >= 0.6 is 0 Å². The average Bonchev–Trinajstić information content (AvgIpc) is 2.28. The van der Waals surface area contributed by atoms with Crippen molar-refractivity contribution in [1.29, 1.82) is 0 Å². The van der Waals surface area contributed by atoms with Crippen LogP contribution in [0.5, 0.6) is 0 Å². The fraction of sp³-hybridized carbons (Fsp3) is 0.643. The zero-order valence-corrected chi connectivity index (χ0v) is 11.5. The predicted molar refractivity (Wildman–Crippen MR) is 68.5 cm³/mol. The minimum absolute atomic E-state index is 0.00943. The highest BCUT2D eigenvalue weighted by molar-refractivity contribution is 5.98. The van der Waals surface area contributed by atoms with Gasteiger partial charge in [-0.05, 0) is 18.3 Å². The van der Waals surface area contributed by atoms with Crippen LogP contribution in [0.15, 0.2) is 6.20 Å². The van der Waals surface area contributed by atoms with Crippen LogP contribution in [-0.2, 0) is 11.2 Å². The van der Waals surface area contributed by atoms with Crippen molar-refractivity contribution in [3.63, 3.8) is 0 Å². The molecule has 0 bridgehead atoms. The molecule has 0 radical (unpaired) electrons. The number of nitrogens with zero attached hydrogens (tertiary/aromatic N) is 2. The first-order valence-corrected chi connectivity index (χ1v) is 6.38. The van der Waals surface area contributed by atoms with Crippen molar-refractivity contribution in [2.75, 3.05) is 7.11 Å². The molecule has 1 heterocycles. The van der Waals surface area contributed by atoms with Crippen LogP contribution in [0.25, 0.3) is 0 Å². The molecule has 1 aromatic heterocycles. The number of methoxy groups -OCH3 is 1. The van der Waals surface area contributed by atoms with Gasteiger partial charge < -0.3 is 4.74 Å². The Hall–Kier alpha value is -1.29. The molecular weight excluding hydrogens is 228 g/mol. The number of ketones is 1. The largest absolute Gasteiger partial charge is 0.373 e. The van der Waals surface area contributed by atoms with Crippen LogP contribution in [0.4, 0.5) is 0 Å². The van der Waals surface area contributed by atoms with Gasteiger partial charge in [0.25, 0.3) is 0 Å². The Bertz CT molecular complexity index is 465. The zero-order chi connectivity index (χ0) is 13.3. The van der Waals surface area contributed by atoms with Crippen molar-refractivity contribution in [3.8, 4) is 0 Å². The van der Waals surface area contributed by atoms with E-state index >= 15 is 0 Å². The molecule has 0 aliphatic heterocycles. The van der Waals surface area contributed by atoms with E-state index < -0.39 is 0 Å². The molecule has 0 saturated carbocycles. The van der Waals surface area contributed by atoms with Gasteiger partial charge in [0.2, 0.25) is 0 Å². The van der Waals surface area contributed by atoms with Crippen molar-refractivity contribution >= 4 is 5.78 Å². The maximum atomic E-state index is 12.0. The van der Waals surface area contributed by atoms with E-state index in [1.54, 1.807) is 13.3 Å². The maximum Gasteiger partial charge on any atom is 0.166 e. The monoisotopic (exact) mass is 248 g/mol. The molecule has 0 amide bonds. The molecule has 1 aromatic rings. The molecule has 1 atom stereocenters. The molecular formula is C14H20N2O2. The van der Waals surface area contributed by atoms with Gasteiger partial charge in [0.15, 0.2) is 11.6 Å². The van der Waals surface area contributed by atoms with Crippen LogP contribution in [0.2, 0.25) is 0 Å². The molecule has 1 aliphatic rings. The molecule has 4 nitrogen and oxygen atoms in total. The summed E-state index contributed by atoms with van der Waals surface area (Å²) in [4.78, 5) is 20.8. The Morgan fingerprint density at radius 1 is 1.44 bits per heavy atom. The minimum atomic E-state index is -0.0876. The molecule has 98 valence electrons. The number of hydrogen-bond donors (Lipinski definition) is 0. The van der Waals surface area contributed by atoms with Crippen LogP contribution < -0.4 is 0 Å². The van der Waals surface area contributed by atoms with E-state index in [2.05, 4.69) is 23.8 Å². The second-order valence-electron chi connectivity index (χ2n) is 5.66.